The number of hydrogen-bond acceptors (Lipinski definition) is 12. The molecule has 0 aromatic heterocycles. The van der Waals surface area contributed by atoms with Gasteiger partial charge in [0.2, 0.25) is 0 Å². The third-order valence-electron chi connectivity index (χ3n) is 14.1. The Bertz CT molecular complexity index is 1810. The predicted molar refractivity (Wildman–Crippen MR) is 232 cm³/mol. The van der Waals surface area contributed by atoms with Gasteiger partial charge in [0.15, 0.2) is 0 Å². The summed E-state index contributed by atoms with van der Waals surface area (Å²) in [5, 5.41) is 0. The van der Waals surface area contributed by atoms with Gasteiger partial charge >= 0.3 is 0 Å². The number of ketones is 12. The molecular weight excluding hydrogens is 793 g/mol. The fourth-order valence-electron chi connectivity index (χ4n) is 11.7. The van der Waals surface area contributed by atoms with Crippen molar-refractivity contribution in [2.24, 2.45) is 88.8 Å². The molecule has 0 aliphatic heterocycles. The summed E-state index contributed by atoms with van der Waals surface area (Å²) in [5.74, 6) is -4.95. The number of hydrogen-bond donors (Lipinski definition) is 0. The number of allylic oxidation sites excluding steroid dienone is 4. The molecular formula is C50H70O12. The highest BCUT2D eigenvalue weighted by atomic mass is 16.2. The minimum atomic E-state index is -0.466. The summed E-state index contributed by atoms with van der Waals surface area (Å²) in [7, 11) is 0. The molecule has 0 saturated heterocycles. The number of fused-ring (bicyclic) bond motifs is 2. The zero-order valence-corrected chi connectivity index (χ0v) is 39.3. The first kappa shape index (κ1) is 53.7. The molecule has 0 radical (unpaired) electrons. The van der Waals surface area contributed by atoms with Crippen molar-refractivity contribution in [3.63, 3.8) is 0 Å². The second-order valence-electron chi connectivity index (χ2n) is 19.0. The van der Waals surface area contributed by atoms with E-state index in [1.165, 1.54) is 83.1 Å². The van der Waals surface area contributed by atoms with Crippen LogP contribution in [0.5, 0.6) is 0 Å². The van der Waals surface area contributed by atoms with Gasteiger partial charge < -0.3 is 9.59 Å². The molecule has 5 aliphatic carbocycles. The van der Waals surface area contributed by atoms with Crippen LogP contribution >= 0.6 is 0 Å². The van der Waals surface area contributed by atoms with Crippen LogP contribution in [-0.4, -0.2) is 69.4 Å². The van der Waals surface area contributed by atoms with Crippen molar-refractivity contribution in [3.8, 4) is 0 Å². The Morgan fingerprint density at radius 1 is 0.468 bits per heavy atom. The van der Waals surface area contributed by atoms with Crippen molar-refractivity contribution in [3.05, 3.63) is 23.8 Å². The fraction of sp³-hybridized carbons (Fsp3) is 0.680. The Morgan fingerprint density at radius 3 is 1.15 bits per heavy atom. The molecule has 2 saturated carbocycles. The standard InChI is InChI=1S/C17H26O4.C17H24O4.C16H20O4/c2*1-9-6-14(15(11(3)19)7-10(2)18)8-16(12(4)20)17(9)13(5)21;1-7(17)13-11-5-6-12(14(13)8(2)18)16(10(4)20)15(11)9(3)19/h9,14-17H,6-8H2,1-5H3;6,14-17H,7-8H2,1-5H3;5-6,11-16H,1-4H3. The molecule has 12 heteroatoms. The first-order valence-electron chi connectivity index (χ1n) is 22.0. The Labute approximate surface area is 367 Å². The molecule has 62 heavy (non-hydrogen) atoms. The lowest BCUT2D eigenvalue weighted by molar-refractivity contribution is -0.150. The van der Waals surface area contributed by atoms with Gasteiger partial charge in [0.05, 0.1) is 0 Å². The molecule has 0 spiro atoms. The quantitative estimate of drug-likeness (QED) is 0.147. The van der Waals surface area contributed by atoms with E-state index in [0.29, 0.717) is 12.8 Å². The highest BCUT2D eigenvalue weighted by Gasteiger charge is 2.57. The lowest BCUT2D eigenvalue weighted by Gasteiger charge is -2.50. The first-order valence-corrected chi connectivity index (χ1v) is 22.0. The first-order chi connectivity index (χ1) is 28.6. The average Bonchev–Trinajstić information content (AvgIpc) is 3.14. The SMILES string of the molecule is CC(=O)C1C2C=CC(C1C(C)=O)C(C(C)=O)C2C(C)=O.CC(=O)CC(C(C)=O)C1C=C(C)C(C(C)=O)C(C(C)=O)C1.CC(=O)CC(C(C)=O)C1CC(C)C(C(C)=O)C(C(C)=O)C1. The van der Waals surface area contributed by atoms with E-state index in [1.54, 1.807) is 0 Å². The van der Waals surface area contributed by atoms with Gasteiger partial charge in [-0.3, -0.25) is 47.9 Å². The van der Waals surface area contributed by atoms with Gasteiger partial charge in [-0.2, -0.15) is 0 Å². The second-order valence-corrected chi connectivity index (χ2v) is 19.0. The van der Waals surface area contributed by atoms with Gasteiger partial charge in [0.1, 0.15) is 69.4 Å². The fourth-order valence-corrected chi connectivity index (χ4v) is 11.7. The van der Waals surface area contributed by atoms with E-state index in [9.17, 15) is 57.5 Å². The number of Topliss-reactive ketones (excluding diaryl/α,β-unsaturated/α-hetero) is 12. The topological polar surface area (TPSA) is 205 Å². The van der Waals surface area contributed by atoms with Gasteiger partial charge in [-0.25, -0.2) is 0 Å². The van der Waals surface area contributed by atoms with Crippen LogP contribution in [0.4, 0.5) is 0 Å². The van der Waals surface area contributed by atoms with E-state index in [0.717, 1.165) is 12.0 Å². The average molecular weight is 863 g/mol. The van der Waals surface area contributed by atoms with Crippen LogP contribution in [-0.2, 0) is 57.5 Å². The summed E-state index contributed by atoms with van der Waals surface area (Å²) < 4.78 is 0. The lowest BCUT2D eigenvalue weighted by Crippen LogP contribution is -2.56. The van der Waals surface area contributed by atoms with E-state index >= 15 is 0 Å². The van der Waals surface area contributed by atoms with Gasteiger partial charge in [-0.05, 0) is 139 Å². The zero-order valence-electron chi connectivity index (χ0n) is 39.3. The molecule has 0 aromatic carbocycles. The Kier molecular flexibility index (Phi) is 19.7. The molecule has 5 aliphatic rings. The lowest BCUT2D eigenvalue weighted by atomic mass is 9.50. The van der Waals surface area contributed by atoms with Crippen molar-refractivity contribution in [1.82, 2.24) is 0 Å². The number of carbonyl (C=O) groups excluding carboxylic acids is 12. The zero-order chi connectivity index (χ0) is 47.8. The van der Waals surface area contributed by atoms with Crippen molar-refractivity contribution < 1.29 is 57.5 Å². The summed E-state index contributed by atoms with van der Waals surface area (Å²) in [6.45, 7) is 21.7. The normalized spacial score (nSPS) is 31.8. The molecule has 12 nitrogen and oxygen atoms in total. The smallest absolute Gasteiger partial charge is 0.137 e. The Hall–Kier alpha value is -4.48. The van der Waals surface area contributed by atoms with E-state index in [4.69, 9.17) is 0 Å². The maximum absolute atomic E-state index is 12.0. The molecule has 2 bridgehead atoms. The largest absolute Gasteiger partial charge is 0.300 e. The highest BCUT2D eigenvalue weighted by molar-refractivity contribution is 5.95. The van der Waals surface area contributed by atoms with Crippen LogP contribution < -0.4 is 0 Å². The Balaban J connectivity index is 0.000000320. The number of rotatable bonds is 16. The van der Waals surface area contributed by atoms with Crippen LogP contribution in [0, 0.1) is 88.8 Å². The molecule has 5 rings (SSSR count). The van der Waals surface area contributed by atoms with Crippen LogP contribution in [0.15, 0.2) is 23.8 Å². The summed E-state index contributed by atoms with van der Waals surface area (Å²) in [6, 6.07) is 0. The monoisotopic (exact) mass is 862 g/mol. The van der Waals surface area contributed by atoms with Crippen molar-refractivity contribution >= 4 is 69.4 Å². The molecule has 342 valence electrons. The summed E-state index contributed by atoms with van der Waals surface area (Å²) in [5.41, 5.74) is 0.841. The third kappa shape index (κ3) is 13.0. The Morgan fingerprint density at radius 2 is 0.839 bits per heavy atom. The molecule has 2 fully saturated rings. The van der Waals surface area contributed by atoms with Crippen LogP contribution in [0.1, 0.15) is 129 Å². The van der Waals surface area contributed by atoms with Crippen molar-refractivity contribution in [2.45, 2.75) is 129 Å². The van der Waals surface area contributed by atoms with E-state index < -0.39 is 29.6 Å². The maximum Gasteiger partial charge on any atom is 0.137 e. The third-order valence-corrected chi connectivity index (χ3v) is 14.1. The maximum atomic E-state index is 12.0. The van der Waals surface area contributed by atoms with E-state index in [1.807, 2.05) is 32.1 Å². The molecule has 0 aromatic rings. The van der Waals surface area contributed by atoms with Crippen LogP contribution in [0.25, 0.3) is 0 Å². The van der Waals surface area contributed by atoms with Gasteiger partial charge in [-0.1, -0.05) is 30.7 Å². The van der Waals surface area contributed by atoms with E-state index in [-0.39, 0.29) is 141 Å². The predicted octanol–water partition coefficient (Wildman–Crippen LogP) is 6.80. The van der Waals surface area contributed by atoms with Crippen LogP contribution in [0.2, 0.25) is 0 Å². The van der Waals surface area contributed by atoms with Crippen molar-refractivity contribution in [2.75, 3.05) is 0 Å². The molecule has 13 unspecified atom stereocenters. The van der Waals surface area contributed by atoms with Crippen molar-refractivity contribution in [1.29, 1.82) is 0 Å². The number of carbonyl (C=O) groups is 12. The van der Waals surface area contributed by atoms with E-state index in [2.05, 4.69) is 0 Å². The van der Waals surface area contributed by atoms with Gasteiger partial charge in [0, 0.05) is 72.0 Å². The van der Waals surface area contributed by atoms with Gasteiger partial charge in [0.25, 0.3) is 0 Å². The molecule has 0 amide bonds. The highest BCUT2D eigenvalue weighted by Crippen LogP contribution is 2.52. The van der Waals surface area contributed by atoms with Gasteiger partial charge in [-0.15, -0.1) is 0 Å². The van der Waals surface area contributed by atoms with Crippen LogP contribution in [0.3, 0.4) is 0 Å². The summed E-state index contributed by atoms with van der Waals surface area (Å²) in [4.78, 5) is 142. The molecule has 13 atom stereocenters. The minimum absolute atomic E-state index is 0.00378. The minimum Gasteiger partial charge on any atom is -0.300 e. The second kappa shape index (κ2) is 22.7. The summed E-state index contributed by atoms with van der Waals surface area (Å²) in [6.07, 6.45) is 7.81. The summed E-state index contributed by atoms with van der Waals surface area (Å²) >= 11 is 0. The molecule has 0 heterocycles. The molecule has 0 N–H and O–H groups in total.